The Bertz CT molecular complexity index is 613. The maximum absolute atomic E-state index is 12.6. The van der Waals surface area contributed by atoms with Gasteiger partial charge in [0.2, 0.25) is 0 Å². The third-order valence-electron chi connectivity index (χ3n) is 6.18. The Balaban J connectivity index is 1.38. The van der Waals surface area contributed by atoms with Gasteiger partial charge in [0.25, 0.3) is 0 Å². The van der Waals surface area contributed by atoms with Gasteiger partial charge in [0.15, 0.2) is 5.82 Å². The first-order chi connectivity index (χ1) is 12.1. The van der Waals surface area contributed by atoms with Crippen LogP contribution < -0.4 is 10.2 Å². The normalized spacial score (nSPS) is 27.2. The van der Waals surface area contributed by atoms with E-state index in [2.05, 4.69) is 26.5 Å². The smallest absolute Gasteiger partial charge is 0.317 e. The number of rotatable bonds is 2. The average molecular weight is 343 g/mol. The van der Waals surface area contributed by atoms with Crippen LogP contribution >= 0.6 is 0 Å². The highest BCUT2D eigenvalue weighted by Gasteiger charge is 2.43. The molecule has 1 N–H and O–H groups in total. The summed E-state index contributed by atoms with van der Waals surface area (Å²) in [6.45, 7) is 5.74. The van der Waals surface area contributed by atoms with Gasteiger partial charge in [0.05, 0.1) is 5.69 Å². The summed E-state index contributed by atoms with van der Waals surface area (Å²) in [5.41, 5.74) is 1.17. The first kappa shape index (κ1) is 16.6. The summed E-state index contributed by atoms with van der Waals surface area (Å²) in [6.07, 6.45) is 8.25. The standard InChI is InChI=1S/C19H29N5O/c1-15-7-8-17(22-21-15)23-11-4-9-19(13-23)10-12-24(14-19)18(25)20-16-5-2-3-6-16/h7-8,16H,2-6,9-14H2,1H3,(H,20,25)/t19-/m1/s1. The average Bonchev–Trinajstić information content (AvgIpc) is 3.26. The van der Waals surface area contributed by atoms with E-state index in [0.717, 1.165) is 63.4 Å². The molecule has 6 heteroatoms. The van der Waals surface area contributed by atoms with Crippen LogP contribution in [0.4, 0.5) is 10.6 Å². The highest BCUT2D eigenvalue weighted by atomic mass is 16.2. The lowest BCUT2D eigenvalue weighted by Gasteiger charge is -2.40. The lowest BCUT2D eigenvalue weighted by atomic mass is 9.79. The second-order valence-electron chi connectivity index (χ2n) is 8.16. The zero-order valence-electron chi connectivity index (χ0n) is 15.2. The van der Waals surface area contributed by atoms with Crippen molar-refractivity contribution in [2.24, 2.45) is 5.41 Å². The van der Waals surface area contributed by atoms with Crippen LogP contribution in [0.15, 0.2) is 12.1 Å². The molecule has 1 aromatic rings. The number of carbonyl (C=O) groups excluding carboxylic acids is 1. The Morgan fingerprint density at radius 2 is 1.96 bits per heavy atom. The van der Waals surface area contributed by atoms with Gasteiger partial charge in [0, 0.05) is 37.6 Å². The summed E-state index contributed by atoms with van der Waals surface area (Å²) in [5.74, 6) is 0.971. The van der Waals surface area contributed by atoms with Crippen LogP contribution in [-0.2, 0) is 0 Å². The minimum atomic E-state index is 0.149. The summed E-state index contributed by atoms with van der Waals surface area (Å²) in [6, 6.07) is 4.64. The Hall–Kier alpha value is -1.85. The molecular weight excluding hydrogens is 314 g/mol. The Morgan fingerprint density at radius 1 is 1.12 bits per heavy atom. The van der Waals surface area contributed by atoms with Gasteiger partial charge in [-0.25, -0.2) is 4.79 Å². The first-order valence-electron chi connectivity index (χ1n) is 9.74. The van der Waals surface area contributed by atoms with Crippen molar-refractivity contribution in [3.05, 3.63) is 17.8 Å². The molecule has 3 aliphatic rings. The van der Waals surface area contributed by atoms with Crippen LogP contribution in [0.5, 0.6) is 0 Å². The zero-order valence-corrected chi connectivity index (χ0v) is 15.2. The predicted octanol–water partition coefficient (Wildman–Crippen LogP) is 2.73. The zero-order chi connectivity index (χ0) is 17.3. The van der Waals surface area contributed by atoms with Gasteiger partial charge in [-0.3, -0.25) is 0 Å². The fraction of sp³-hybridized carbons (Fsp3) is 0.737. The molecule has 0 radical (unpaired) electrons. The van der Waals surface area contributed by atoms with Crippen molar-refractivity contribution >= 4 is 11.8 Å². The van der Waals surface area contributed by atoms with E-state index in [0.29, 0.717) is 6.04 Å². The minimum absolute atomic E-state index is 0.149. The van der Waals surface area contributed by atoms with Crippen LogP contribution in [0.3, 0.4) is 0 Å². The molecule has 3 heterocycles. The van der Waals surface area contributed by atoms with Crippen LogP contribution in [-0.4, -0.2) is 53.3 Å². The molecule has 0 unspecified atom stereocenters. The van der Waals surface area contributed by atoms with E-state index in [1.165, 1.54) is 19.3 Å². The Labute approximate surface area is 150 Å². The van der Waals surface area contributed by atoms with E-state index in [4.69, 9.17) is 0 Å². The number of anilines is 1. The van der Waals surface area contributed by atoms with Crippen molar-refractivity contribution in [1.29, 1.82) is 0 Å². The fourth-order valence-corrected chi connectivity index (χ4v) is 4.74. The molecule has 0 bridgehead atoms. The van der Waals surface area contributed by atoms with Crippen molar-refractivity contribution in [3.8, 4) is 0 Å². The molecule has 1 aromatic heterocycles. The largest absolute Gasteiger partial charge is 0.355 e. The second kappa shape index (κ2) is 6.81. The number of hydrogen-bond acceptors (Lipinski definition) is 4. The predicted molar refractivity (Wildman–Crippen MR) is 97.6 cm³/mol. The van der Waals surface area contributed by atoms with Gasteiger partial charge < -0.3 is 15.1 Å². The van der Waals surface area contributed by atoms with Gasteiger partial charge in [-0.2, -0.15) is 5.10 Å². The number of likely N-dealkylation sites (tertiary alicyclic amines) is 1. The summed E-state index contributed by atoms with van der Waals surface area (Å²) in [7, 11) is 0. The highest BCUT2D eigenvalue weighted by Crippen LogP contribution is 2.40. The van der Waals surface area contributed by atoms with Crippen LogP contribution in [0.1, 0.15) is 50.6 Å². The van der Waals surface area contributed by atoms with Crippen molar-refractivity contribution in [2.45, 2.75) is 57.9 Å². The van der Waals surface area contributed by atoms with Gasteiger partial charge in [-0.15, -0.1) is 5.10 Å². The molecule has 4 rings (SSSR count). The number of amides is 2. The van der Waals surface area contributed by atoms with Crippen molar-refractivity contribution < 1.29 is 4.79 Å². The van der Waals surface area contributed by atoms with E-state index in [1.54, 1.807) is 0 Å². The number of piperidine rings is 1. The van der Waals surface area contributed by atoms with E-state index in [9.17, 15) is 4.79 Å². The van der Waals surface area contributed by atoms with Crippen molar-refractivity contribution in [1.82, 2.24) is 20.4 Å². The van der Waals surface area contributed by atoms with Crippen LogP contribution in [0, 0.1) is 12.3 Å². The number of urea groups is 1. The summed E-state index contributed by atoms with van der Waals surface area (Å²) in [5, 5.41) is 11.8. The topological polar surface area (TPSA) is 61.4 Å². The molecule has 6 nitrogen and oxygen atoms in total. The molecule has 1 atom stereocenters. The van der Waals surface area contributed by atoms with Crippen LogP contribution in [0.25, 0.3) is 0 Å². The molecule has 2 aliphatic heterocycles. The monoisotopic (exact) mass is 343 g/mol. The Morgan fingerprint density at radius 3 is 2.72 bits per heavy atom. The third kappa shape index (κ3) is 3.58. The minimum Gasteiger partial charge on any atom is -0.355 e. The fourth-order valence-electron chi connectivity index (χ4n) is 4.74. The lowest BCUT2D eigenvalue weighted by Crippen LogP contribution is -2.48. The van der Waals surface area contributed by atoms with Gasteiger partial charge in [-0.1, -0.05) is 12.8 Å². The van der Waals surface area contributed by atoms with E-state index in [-0.39, 0.29) is 11.4 Å². The van der Waals surface area contributed by atoms with Gasteiger partial charge in [-0.05, 0) is 51.2 Å². The lowest BCUT2D eigenvalue weighted by molar-refractivity contribution is 0.188. The third-order valence-corrected chi connectivity index (χ3v) is 6.18. The first-order valence-corrected chi connectivity index (χ1v) is 9.74. The molecule has 1 saturated carbocycles. The summed E-state index contributed by atoms with van der Waals surface area (Å²) in [4.78, 5) is 17.0. The van der Waals surface area contributed by atoms with Gasteiger partial charge in [0.1, 0.15) is 0 Å². The SMILES string of the molecule is Cc1ccc(N2CCC[C@@]3(CCN(C(=O)NC4CCCC4)C3)C2)nn1. The number of aryl methyl sites for hydroxylation is 1. The Kier molecular flexibility index (Phi) is 4.52. The van der Waals surface area contributed by atoms with Gasteiger partial charge >= 0.3 is 6.03 Å². The quantitative estimate of drug-likeness (QED) is 0.897. The molecule has 1 spiro atoms. The maximum atomic E-state index is 12.6. The number of nitrogens with zero attached hydrogens (tertiary/aromatic N) is 4. The summed E-state index contributed by atoms with van der Waals surface area (Å²) < 4.78 is 0. The van der Waals surface area contributed by atoms with E-state index in [1.807, 2.05) is 17.9 Å². The molecule has 2 amide bonds. The molecular formula is C19H29N5O. The van der Waals surface area contributed by atoms with E-state index < -0.39 is 0 Å². The summed E-state index contributed by atoms with van der Waals surface area (Å²) >= 11 is 0. The molecule has 25 heavy (non-hydrogen) atoms. The van der Waals surface area contributed by atoms with Crippen molar-refractivity contribution in [3.63, 3.8) is 0 Å². The van der Waals surface area contributed by atoms with E-state index >= 15 is 0 Å². The molecule has 1 aliphatic carbocycles. The highest BCUT2D eigenvalue weighted by molar-refractivity contribution is 5.75. The number of carbonyl (C=O) groups is 1. The number of hydrogen-bond donors (Lipinski definition) is 1. The van der Waals surface area contributed by atoms with Crippen LogP contribution in [0.2, 0.25) is 0 Å². The maximum Gasteiger partial charge on any atom is 0.317 e. The number of nitrogens with one attached hydrogen (secondary N) is 1. The molecule has 3 fully saturated rings. The molecule has 0 aromatic carbocycles. The van der Waals surface area contributed by atoms with Crippen molar-refractivity contribution in [2.75, 3.05) is 31.1 Å². The number of aromatic nitrogens is 2. The second-order valence-corrected chi connectivity index (χ2v) is 8.16. The molecule has 136 valence electrons. The molecule has 2 saturated heterocycles.